The molecule has 2 bridgehead atoms. The minimum absolute atomic E-state index is 0.157. The van der Waals surface area contributed by atoms with E-state index in [0.29, 0.717) is 49.2 Å². The van der Waals surface area contributed by atoms with Crippen LogP contribution in [0, 0.1) is 62.1 Å². The van der Waals surface area contributed by atoms with Gasteiger partial charge in [0.05, 0.1) is 50.6 Å². The normalized spacial score (nSPS) is 39.2. The van der Waals surface area contributed by atoms with Crippen molar-refractivity contribution < 1.29 is 28.9 Å². The Labute approximate surface area is 340 Å². The van der Waals surface area contributed by atoms with E-state index >= 15 is 0 Å². The number of fused-ring (bicyclic) bond motifs is 3. The van der Waals surface area contributed by atoms with Crippen LogP contribution in [-0.4, -0.2) is 75.4 Å². The summed E-state index contributed by atoms with van der Waals surface area (Å²) in [6.45, 7) is 26.1. The van der Waals surface area contributed by atoms with Crippen LogP contribution in [0.15, 0.2) is 36.3 Å². The molecular weight excluding hydrogens is 719 g/mol. The van der Waals surface area contributed by atoms with Crippen LogP contribution in [0.3, 0.4) is 0 Å². The molecule has 3 heterocycles. The number of nitrogens with two attached hydrogens (primary N) is 1. The fourth-order valence-corrected chi connectivity index (χ4v) is 13.0. The molecule has 7 rings (SSSR count). The molecule has 0 aromatic carbocycles. The van der Waals surface area contributed by atoms with E-state index in [9.17, 15) is 14.7 Å². The van der Waals surface area contributed by atoms with Gasteiger partial charge in [-0.25, -0.2) is 14.5 Å². The van der Waals surface area contributed by atoms with Gasteiger partial charge in [-0.1, -0.05) is 80.9 Å². The summed E-state index contributed by atoms with van der Waals surface area (Å²) >= 11 is 0. The third kappa shape index (κ3) is 6.09. The summed E-state index contributed by atoms with van der Waals surface area (Å²) in [7, 11) is 1.37. The van der Waals surface area contributed by atoms with Gasteiger partial charge < -0.3 is 25.1 Å². The van der Waals surface area contributed by atoms with Crippen LogP contribution < -0.4 is 5.73 Å². The van der Waals surface area contributed by atoms with Crippen LogP contribution in [0.4, 0.5) is 0 Å². The molecule has 3 saturated carbocycles. The molecule has 11 nitrogen and oxygen atoms in total. The number of rotatable bonds is 9. The van der Waals surface area contributed by atoms with Gasteiger partial charge in [-0.2, -0.15) is 5.10 Å². The Morgan fingerprint density at radius 2 is 1.77 bits per heavy atom. The summed E-state index contributed by atoms with van der Waals surface area (Å²) in [6, 6.07) is 3.09. The van der Waals surface area contributed by atoms with Crippen LogP contribution in [0.2, 0.25) is 0 Å². The highest BCUT2D eigenvalue weighted by atomic mass is 16.5. The van der Waals surface area contributed by atoms with Crippen LogP contribution in [0.25, 0.3) is 11.5 Å². The number of carbonyl (C=O) groups is 2. The quantitative estimate of drug-likeness (QED) is 0.187. The SMILES string of the molecule is COC(=O)c1ccnc(-c2ncnn2[C@@H]2C[C@]3(C)COC[C@@]4(C5=CC[C@@]6(C)[C@H](C(=O)O)[C@@](C)([C@H](C)C(C)C)CC[C@]6(C)[C@H]5CC[C@H]34)[C@H]2OC[C@](C)(N)C(C)(C)C)c1. The van der Waals surface area contributed by atoms with E-state index in [1.807, 2.05) is 4.68 Å². The monoisotopic (exact) mass is 788 g/mol. The predicted octanol–water partition coefficient (Wildman–Crippen LogP) is 8.41. The summed E-state index contributed by atoms with van der Waals surface area (Å²) < 4.78 is 21.3. The average Bonchev–Trinajstić information content (AvgIpc) is 3.63. The molecular formula is C46H69N5O6. The number of methoxy groups -OCH3 is 1. The molecule has 0 amide bonds. The van der Waals surface area contributed by atoms with Crippen molar-refractivity contribution in [1.82, 2.24) is 19.7 Å². The fourth-order valence-electron chi connectivity index (χ4n) is 13.0. The minimum Gasteiger partial charge on any atom is -0.481 e. The van der Waals surface area contributed by atoms with Crippen molar-refractivity contribution in [2.45, 2.75) is 132 Å². The lowest BCUT2D eigenvalue weighted by molar-refractivity contribution is -0.255. The number of hydrogen-bond acceptors (Lipinski definition) is 9. The molecule has 4 fully saturated rings. The molecule has 5 aliphatic rings. The van der Waals surface area contributed by atoms with E-state index < -0.39 is 40.3 Å². The number of carboxylic acids is 1. The molecule has 314 valence electrons. The highest BCUT2D eigenvalue weighted by molar-refractivity contribution is 5.90. The summed E-state index contributed by atoms with van der Waals surface area (Å²) in [4.78, 5) is 35.8. The molecule has 11 heteroatoms. The van der Waals surface area contributed by atoms with Gasteiger partial charge >= 0.3 is 11.9 Å². The number of aromatic nitrogens is 4. The lowest BCUT2D eigenvalue weighted by Crippen LogP contribution is -2.70. The number of pyridine rings is 1. The van der Waals surface area contributed by atoms with E-state index in [0.717, 1.165) is 32.1 Å². The summed E-state index contributed by atoms with van der Waals surface area (Å²) in [5.41, 5.74) is 6.76. The number of allylic oxidation sites excluding steroid dienone is 1. The van der Waals surface area contributed by atoms with Crippen LogP contribution >= 0.6 is 0 Å². The van der Waals surface area contributed by atoms with Gasteiger partial charge in [-0.3, -0.25) is 9.78 Å². The van der Waals surface area contributed by atoms with Gasteiger partial charge in [0, 0.05) is 17.2 Å². The molecule has 1 aliphatic heterocycles. The van der Waals surface area contributed by atoms with E-state index in [4.69, 9.17) is 30.0 Å². The van der Waals surface area contributed by atoms with Crippen molar-refractivity contribution in [2.24, 2.45) is 67.8 Å². The lowest BCUT2D eigenvalue weighted by Gasteiger charge is -2.71. The smallest absolute Gasteiger partial charge is 0.337 e. The zero-order valence-corrected chi connectivity index (χ0v) is 36.6. The Morgan fingerprint density at radius 1 is 1.05 bits per heavy atom. The van der Waals surface area contributed by atoms with Crippen molar-refractivity contribution in [3.8, 4) is 11.5 Å². The molecule has 3 N–H and O–H groups in total. The van der Waals surface area contributed by atoms with Gasteiger partial charge in [-0.15, -0.1) is 0 Å². The van der Waals surface area contributed by atoms with Gasteiger partial charge in [0.2, 0.25) is 0 Å². The van der Waals surface area contributed by atoms with E-state index in [1.165, 1.54) is 12.7 Å². The first kappa shape index (κ1) is 42.0. The number of carboxylic acid groups (broad SMARTS) is 1. The van der Waals surface area contributed by atoms with Crippen molar-refractivity contribution in [1.29, 1.82) is 0 Å². The lowest BCUT2D eigenvalue weighted by atomic mass is 9.34. The number of ether oxygens (including phenoxy) is 3. The van der Waals surface area contributed by atoms with E-state index in [1.54, 1.807) is 24.7 Å². The van der Waals surface area contributed by atoms with Crippen LogP contribution in [0.5, 0.6) is 0 Å². The Kier molecular flexibility index (Phi) is 10.3. The van der Waals surface area contributed by atoms with Crippen molar-refractivity contribution in [2.75, 3.05) is 26.9 Å². The van der Waals surface area contributed by atoms with E-state index in [2.05, 4.69) is 87.2 Å². The predicted molar refractivity (Wildman–Crippen MR) is 219 cm³/mol. The number of esters is 1. The largest absolute Gasteiger partial charge is 0.481 e. The summed E-state index contributed by atoms with van der Waals surface area (Å²) in [5.74, 6) is 0.0331. The molecule has 0 radical (unpaired) electrons. The Hall–Kier alpha value is -3.15. The first-order valence-electron chi connectivity index (χ1n) is 21.4. The van der Waals surface area contributed by atoms with Crippen molar-refractivity contribution in [3.05, 3.63) is 41.9 Å². The molecule has 2 aromatic heterocycles. The van der Waals surface area contributed by atoms with Crippen LogP contribution in [0.1, 0.15) is 131 Å². The first-order valence-corrected chi connectivity index (χ1v) is 21.4. The number of hydrogen-bond donors (Lipinski definition) is 2. The van der Waals surface area contributed by atoms with E-state index in [-0.39, 0.29) is 45.5 Å². The first-order chi connectivity index (χ1) is 26.5. The maximum absolute atomic E-state index is 13.7. The standard InChI is InChI=1S/C46H69N5O6/c1-27(2)28(3)42(8)18-19-43(9)30-13-14-34-41(7)22-33(51-37(49-26-50-51)32-21-29(16-20-48-32)39(54)55-12)36(57-24-45(11,47)40(4,5)6)46(34,25-56-23-41)31(30)15-17-44(43,10)35(42)38(52)53/h15-16,20-21,26-28,30,33-36H,13-14,17-19,22-25,47H2,1-12H3,(H,52,53)/t28-,30+,33-,34-,35-,36+,41-,42-,43-,44+,45+,46+/m1/s1. The second-order valence-corrected chi connectivity index (χ2v) is 21.5. The molecule has 1 saturated heterocycles. The number of nitrogens with zero attached hydrogens (tertiary/aromatic N) is 4. The third-order valence-electron chi connectivity index (χ3n) is 17.6. The zero-order valence-electron chi connectivity index (χ0n) is 36.6. The Balaban J connectivity index is 1.41. The average molecular weight is 788 g/mol. The maximum Gasteiger partial charge on any atom is 0.337 e. The topological polar surface area (TPSA) is 152 Å². The number of aliphatic carboxylic acids is 1. The highest BCUT2D eigenvalue weighted by Gasteiger charge is 2.73. The van der Waals surface area contributed by atoms with Gasteiger partial charge in [0.15, 0.2) is 5.82 Å². The second-order valence-electron chi connectivity index (χ2n) is 21.5. The molecule has 0 spiro atoms. The molecule has 12 atom stereocenters. The molecule has 4 aliphatic carbocycles. The zero-order chi connectivity index (χ0) is 41.7. The second kappa shape index (κ2) is 14.0. The highest BCUT2D eigenvalue weighted by Crippen LogP contribution is 2.75. The molecule has 0 unspecified atom stereocenters. The maximum atomic E-state index is 13.7. The van der Waals surface area contributed by atoms with Gasteiger partial charge in [0.25, 0.3) is 0 Å². The summed E-state index contributed by atoms with van der Waals surface area (Å²) in [6.07, 6.45) is 10.5. The Morgan fingerprint density at radius 3 is 2.42 bits per heavy atom. The minimum atomic E-state index is -0.664. The fraction of sp³-hybridized carbons (Fsp3) is 0.761. The van der Waals surface area contributed by atoms with Gasteiger partial charge in [-0.05, 0) is 108 Å². The van der Waals surface area contributed by atoms with Crippen molar-refractivity contribution in [3.63, 3.8) is 0 Å². The third-order valence-corrected chi connectivity index (χ3v) is 17.6. The van der Waals surface area contributed by atoms with Crippen molar-refractivity contribution >= 4 is 11.9 Å². The Bertz CT molecular complexity index is 1920. The molecule has 2 aromatic rings. The van der Waals surface area contributed by atoms with Gasteiger partial charge in [0.1, 0.15) is 12.0 Å². The summed E-state index contributed by atoms with van der Waals surface area (Å²) in [5, 5.41) is 16.2. The molecule has 57 heavy (non-hydrogen) atoms. The number of carbonyl (C=O) groups excluding carboxylic acids is 1. The van der Waals surface area contributed by atoms with Crippen LogP contribution in [-0.2, 0) is 19.0 Å².